The minimum absolute atomic E-state index is 0.526. The molecular weight excluding hydrogens is 789 g/mol. The van der Waals surface area contributed by atoms with E-state index in [9.17, 15) is 0 Å². The molecule has 14 rings (SSSR count). The number of fused-ring (bicyclic) bond motifs is 12. The summed E-state index contributed by atoms with van der Waals surface area (Å²) in [5, 5.41) is 8.47. The summed E-state index contributed by atoms with van der Waals surface area (Å²) in [4.78, 5) is 15.5. The standard InChI is InChI=1S/C57H32N4O3/c1-2-14-33(15-3-1)55-58-56(60-57(59-55)42-23-10-20-39-38-18-6-9-27-47(38)63-53(39)42)41-22-13-28-49-52(41)43-32-34(30-31-48(43)62-49)35-19-12-29-50-51(35)40-21-11-26-46(54(40)64-50)61-44-24-7-4-16-36(44)37-17-5-8-25-45(37)61/h1-32H. The number of hydrogen-bond donors (Lipinski definition) is 0. The maximum atomic E-state index is 6.86. The molecule has 0 saturated carbocycles. The van der Waals surface area contributed by atoms with Crippen LogP contribution in [0, 0.1) is 0 Å². The quantitative estimate of drug-likeness (QED) is 0.172. The van der Waals surface area contributed by atoms with Gasteiger partial charge < -0.3 is 17.8 Å². The van der Waals surface area contributed by atoms with Crippen LogP contribution in [-0.4, -0.2) is 19.5 Å². The summed E-state index contributed by atoms with van der Waals surface area (Å²) in [6.07, 6.45) is 0. The van der Waals surface area contributed by atoms with Crippen molar-refractivity contribution in [1.82, 2.24) is 19.5 Å². The number of rotatable bonds is 5. The number of hydrogen-bond acceptors (Lipinski definition) is 6. The van der Waals surface area contributed by atoms with E-state index in [-0.39, 0.29) is 0 Å². The molecule has 5 aromatic heterocycles. The van der Waals surface area contributed by atoms with Crippen molar-refractivity contribution in [2.45, 2.75) is 0 Å². The SMILES string of the molecule is c1ccc(-c2nc(-c3cccc4c3oc3ccccc34)nc(-c3cccc4oc5ccc(-c6cccc7oc8c(-n9c%10ccccc%10c%10ccccc%109)cccc8c67)cc5c34)n2)cc1. The maximum absolute atomic E-state index is 6.86. The van der Waals surface area contributed by atoms with E-state index >= 15 is 0 Å². The van der Waals surface area contributed by atoms with Crippen LogP contribution < -0.4 is 0 Å². The van der Waals surface area contributed by atoms with Gasteiger partial charge in [-0.15, -0.1) is 0 Å². The first-order valence-corrected chi connectivity index (χ1v) is 21.3. The molecule has 0 unspecified atom stereocenters. The predicted molar refractivity (Wildman–Crippen MR) is 258 cm³/mol. The van der Waals surface area contributed by atoms with Crippen LogP contribution in [0.2, 0.25) is 0 Å². The first kappa shape index (κ1) is 34.9. The Morgan fingerprint density at radius 3 is 1.67 bits per heavy atom. The van der Waals surface area contributed by atoms with E-state index < -0.39 is 0 Å². The highest BCUT2D eigenvalue weighted by atomic mass is 16.3. The van der Waals surface area contributed by atoms with Gasteiger partial charge in [-0.05, 0) is 65.7 Å². The lowest BCUT2D eigenvalue weighted by molar-refractivity contribution is 0.666. The van der Waals surface area contributed by atoms with E-state index in [1.54, 1.807) is 0 Å². The summed E-state index contributed by atoms with van der Waals surface area (Å²) in [5.41, 5.74) is 12.6. The lowest BCUT2D eigenvalue weighted by atomic mass is 9.97. The van der Waals surface area contributed by atoms with Crippen molar-refractivity contribution >= 4 is 87.6 Å². The minimum Gasteiger partial charge on any atom is -0.456 e. The summed E-state index contributed by atoms with van der Waals surface area (Å²) in [6, 6.07) is 66.7. The Balaban J connectivity index is 0.970. The van der Waals surface area contributed by atoms with Crippen molar-refractivity contribution in [3.05, 3.63) is 194 Å². The van der Waals surface area contributed by atoms with Crippen molar-refractivity contribution in [3.63, 3.8) is 0 Å². The van der Waals surface area contributed by atoms with Crippen molar-refractivity contribution in [1.29, 1.82) is 0 Å². The van der Waals surface area contributed by atoms with Gasteiger partial charge in [0.2, 0.25) is 0 Å². The first-order chi connectivity index (χ1) is 31.7. The molecule has 5 heterocycles. The monoisotopic (exact) mass is 820 g/mol. The van der Waals surface area contributed by atoms with Crippen LogP contribution in [-0.2, 0) is 0 Å². The average molecular weight is 821 g/mol. The molecule has 9 aromatic carbocycles. The lowest BCUT2D eigenvalue weighted by Gasteiger charge is -2.10. The second kappa shape index (κ2) is 13.3. The molecule has 0 amide bonds. The molecule has 298 valence electrons. The molecule has 0 N–H and O–H groups in total. The zero-order valence-corrected chi connectivity index (χ0v) is 34.0. The van der Waals surface area contributed by atoms with Gasteiger partial charge in [-0.3, -0.25) is 0 Å². The first-order valence-electron chi connectivity index (χ1n) is 21.3. The molecule has 0 saturated heterocycles. The normalized spacial score (nSPS) is 12.1. The zero-order valence-electron chi connectivity index (χ0n) is 34.0. The van der Waals surface area contributed by atoms with Gasteiger partial charge in [0.1, 0.15) is 27.9 Å². The third-order valence-corrected chi connectivity index (χ3v) is 12.7. The highest BCUT2D eigenvalue weighted by Crippen LogP contribution is 2.44. The number of benzene rings is 9. The largest absolute Gasteiger partial charge is 0.456 e. The fourth-order valence-electron chi connectivity index (χ4n) is 9.87. The van der Waals surface area contributed by atoms with Crippen molar-refractivity contribution in [3.8, 4) is 51.0 Å². The van der Waals surface area contributed by atoms with Crippen LogP contribution >= 0.6 is 0 Å². The smallest absolute Gasteiger partial charge is 0.167 e. The Bertz CT molecular complexity index is 4160. The van der Waals surface area contributed by atoms with Gasteiger partial charge in [0.15, 0.2) is 23.1 Å². The fourth-order valence-corrected chi connectivity index (χ4v) is 9.87. The molecule has 0 radical (unpaired) electrons. The minimum atomic E-state index is 0.526. The van der Waals surface area contributed by atoms with Gasteiger partial charge in [0.25, 0.3) is 0 Å². The molecule has 64 heavy (non-hydrogen) atoms. The Morgan fingerprint density at radius 1 is 0.312 bits per heavy atom. The lowest BCUT2D eigenvalue weighted by Crippen LogP contribution is -2.00. The molecule has 0 aliphatic rings. The summed E-state index contributed by atoms with van der Waals surface area (Å²) in [5.74, 6) is 1.63. The number of aromatic nitrogens is 4. The molecule has 0 aliphatic heterocycles. The van der Waals surface area contributed by atoms with Crippen LogP contribution in [0.4, 0.5) is 0 Å². The second-order valence-corrected chi connectivity index (χ2v) is 16.2. The Hall–Kier alpha value is -8.81. The number of para-hydroxylation sites is 5. The number of furan rings is 3. The third kappa shape index (κ3) is 5.06. The number of nitrogens with zero attached hydrogens (tertiary/aromatic N) is 4. The molecule has 0 fully saturated rings. The van der Waals surface area contributed by atoms with E-state index in [0.717, 1.165) is 110 Å². The molecule has 14 aromatic rings. The van der Waals surface area contributed by atoms with Crippen LogP contribution in [0.25, 0.3) is 139 Å². The van der Waals surface area contributed by atoms with Gasteiger partial charge in [0.05, 0.1) is 22.3 Å². The van der Waals surface area contributed by atoms with Gasteiger partial charge in [-0.1, -0.05) is 140 Å². The van der Waals surface area contributed by atoms with Gasteiger partial charge in [0, 0.05) is 54.2 Å². The Morgan fingerprint density at radius 2 is 0.859 bits per heavy atom. The van der Waals surface area contributed by atoms with Crippen LogP contribution in [0.1, 0.15) is 0 Å². The summed E-state index contributed by atoms with van der Waals surface area (Å²) in [6.45, 7) is 0. The van der Waals surface area contributed by atoms with Gasteiger partial charge in [-0.25, -0.2) is 15.0 Å². The predicted octanol–water partition coefficient (Wildman–Crippen LogP) is 15.3. The second-order valence-electron chi connectivity index (χ2n) is 16.2. The molecule has 7 nitrogen and oxygen atoms in total. The van der Waals surface area contributed by atoms with Crippen molar-refractivity contribution in [2.75, 3.05) is 0 Å². The van der Waals surface area contributed by atoms with Crippen LogP contribution in [0.3, 0.4) is 0 Å². The van der Waals surface area contributed by atoms with E-state index in [2.05, 4.69) is 126 Å². The molecule has 0 spiro atoms. The Kier molecular flexibility index (Phi) is 7.27. The highest BCUT2D eigenvalue weighted by Gasteiger charge is 2.23. The van der Waals surface area contributed by atoms with Crippen LogP contribution in [0.15, 0.2) is 207 Å². The van der Waals surface area contributed by atoms with Crippen molar-refractivity contribution < 1.29 is 13.3 Å². The Labute approximate surface area is 364 Å². The highest BCUT2D eigenvalue weighted by molar-refractivity contribution is 6.18. The molecule has 7 heteroatoms. The molecule has 0 aliphatic carbocycles. The van der Waals surface area contributed by atoms with Gasteiger partial charge in [-0.2, -0.15) is 0 Å². The molecule has 0 bridgehead atoms. The average Bonchev–Trinajstić information content (AvgIpc) is 4.13. The summed E-state index contributed by atoms with van der Waals surface area (Å²) >= 11 is 0. The maximum Gasteiger partial charge on any atom is 0.167 e. The van der Waals surface area contributed by atoms with Crippen LogP contribution in [0.5, 0.6) is 0 Å². The fraction of sp³-hybridized carbons (Fsp3) is 0. The van der Waals surface area contributed by atoms with Gasteiger partial charge >= 0.3 is 0 Å². The van der Waals surface area contributed by atoms with E-state index in [1.165, 1.54) is 10.8 Å². The topological polar surface area (TPSA) is 83.0 Å². The summed E-state index contributed by atoms with van der Waals surface area (Å²) < 4.78 is 22.3. The molecule has 0 atom stereocenters. The molecular formula is C57H32N4O3. The summed E-state index contributed by atoms with van der Waals surface area (Å²) in [7, 11) is 0. The van der Waals surface area contributed by atoms with E-state index in [1.807, 2.05) is 72.8 Å². The van der Waals surface area contributed by atoms with E-state index in [4.69, 9.17) is 28.2 Å². The third-order valence-electron chi connectivity index (χ3n) is 12.7. The van der Waals surface area contributed by atoms with E-state index in [0.29, 0.717) is 17.5 Å². The van der Waals surface area contributed by atoms with Crippen molar-refractivity contribution in [2.24, 2.45) is 0 Å². The zero-order chi connectivity index (χ0) is 41.9.